The summed E-state index contributed by atoms with van der Waals surface area (Å²) in [6.45, 7) is 5.98. The van der Waals surface area contributed by atoms with Crippen LogP contribution in [-0.4, -0.2) is 71.2 Å². The first-order valence-corrected chi connectivity index (χ1v) is 12.6. The van der Waals surface area contributed by atoms with Gasteiger partial charge in [-0.15, -0.1) is 0 Å². The molecule has 196 valence electrons. The van der Waals surface area contributed by atoms with E-state index in [2.05, 4.69) is 20.2 Å². The second kappa shape index (κ2) is 11.1. The van der Waals surface area contributed by atoms with Crippen LogP contribution < -0.4 is 10.2 Å². The summed E-state index contributed by atoms with van der Waals surface area (Å²) in [6, 6.07) is 4.39. The zero-order valence-corrected chi connectivity index (χ0v) is 21.3. The molecular formula is C24H29Cl2F3N6O. The number of rotatable bonds is 8. The number of benzene rings is 1. The van der Waals surface area contributed by atoms with Gasteiger partial charge in [-0.05, 0) is 55.8 Å². The highest BCUT2D eigenvalue weighted by Crippen LogP contribution is 2.35. The molecule has 0 saturated carbocycles. The molecule has 4 rings (SSSR count). The van der Waals surface area contributed by atoms with Crippen molar-refractivity contribution in [1.82, 2.24) is 14.9 Å². The lowest BCUT2D eigenvalue weighted by molar-refractivity contribution is -0.0589. The molecule has 3 N–H and O–H groups in total. The fraction of sp³-hybridized carbons (Fsp3) is 0.542. The molecule has 0 spiro atoms. The molecule has 7 nitrogen and oxygen atoms in total. The van der Waals surface area contributed by atoms with Crippen molar-refractivity contribution in [2.75, 3.05) is 49.5 Å². The van der Waals surface area contributed by atoms with Gasteiger partial charge in [-0.1, -0.05) is 29.3 Å². The van der Waals surface area contributed by atoms with E-state index >= 15 is 0 Å². The molecule has 2 aliphatic rings. The second-order valence-electron chi connectivity index (χ2n) is 9.42. The van der Waals surface area contributed by atoms with Crippen LogP contribution in [0.1, 0.15) is 37.1 Å². The number of halogens is 5. The number of hydrogen-bond donors (Lipinski definition) is 3. The van der Waals surface area contributed by atoms with Crippen LogP contribution in [0.25, 0.3) is 0 Å². The smallest absolute Gasteiger partial charge is 0.395 e. The van der Waals surface area contributed by atoms with E-state index in [1.165, 1.54) is 6.20 Å². The third-order valence-electron chi connectivity index (χ3n) is 6.92. The van der Waals surface area contributed by atoms with Crippen LogP contribution in [0.4, 0.5) is 24.8 Å². The molecule has 1 aromatic heterocycles. The number of β-amino-alcohol motifs (C(OH)–C–C–N with tert-alkyl or cyclic N) is 1. The Balaban J connectivity index is 1.52. The van der Waals surface area contributed by atoms with Gasteiger partial charge in [-0.3, -0.25) is 5.41 Å². The standard InChI is InChI=1S/C24H29Cl2F3N6O/c1-14(18-5-4-17(25)9-19(18)26)32-23-21(22(30)24(27,28)29)31-10-20(33-23)35-12-16(13-35)15-3-2-6-34(11-15)7-8-36/h4-5,9-10,14-16,30,36H,2-3,6-8,11-13H2,1H3,(H,32,33). The van der Waals surface area contributed by atoms with Gasteiger partial charge in [0, 0.05) is 36.2 Å². The predicted octanol–water partition coefficient (Wildman–Crippen LogP) is 5.03. The van der Waals surface area contributed by atoms with Crippen LogP contribution in [-0.2, 0) is 0 Å². The number of aromatic nitrogens is 2. The number of hydrogen-bond acceptors (Lipinski definition) is 7. The van der Waals surface area contributed by atoms with E-state index in [0.29, 0.717) is 39.8 Å². The molecule has 2 atom stereocenters. The Hall–Kier alpha value is -2.14. The van der Waals surface area contributed by atoms with Crippen LogP contribution in [0, 0.1) is 17.2 Å². The van der Waals surface area contributed by atoms with E-state index in [9.17, 15) is 18.3 Å². The SMILES string of the molecule is CC(Nc1nc(N2CC(C3CCCN(CCO)C3)C2)cnc1C(=N)C(F)(F)F)c1ccc(Cl)cc1Cl. The lowest BCUT2D eigenvalue weighted by atomic mass is 9.80. The van der Waals surface area contributed by atoms with Gasteiger partial charge in [0.05, 0.1) is 18.8 Å². The first kappa shape index (κ1) is 26.9. The van der Waals surface area contributed by atoms with Crippen molar-refractivity contribution in [1.29, 1.82) is 5.41 Å². The van der Waals surface area contributed by atoms with Crippen molar-refractivity contribution in [3.05, 3.63) is 45.7 Å². The highest BCUT2D eigenvalue weighted by atomic mass is 35.5. The molecule has 2 aromatic rings. The number of piperidine rings is 1. The maximum absolute atomic E-state index is 13.4. The minimum Gasteiger partial charge on any atom is -0.395 e. The van der Waals surface area contributed by atoms with Crippen LogP contribution in [0.15, 0.2) is 24.4 Å². The van der Waals surface area contributed by atoms with Crippen molar-refractivity contribution in [3.63, 3.8) is 0 Å². The summed E-state index contributed by atoms with van der Waals surface area (Å²) >= 11 is 12.3. The Morgan fingerprint density at radius 2 is 2.00 bits per heavy atom. The Morgan fingerprint density at radius 1 is 1.25 bits per heavy atom. The number of aliphatic hydroxyl groups is 1. The third kappa shape index (κ3) is 6.04. The average Bonchev–Trinajstić information content (AvgIpc) is 2.78. The van der Waals surface area contributed by atoms with Gasteiger partial charge in [0.15, 0.2) is 11.5 Å². The minimum absolute atomic E-state index is 0.122. The molecule has 0 radical (unpaired) electrons. The molecule has 1 aromatic carbocycles. The topological polar surface area (TPSA) is 88.4 Å². The van der Waals surface area contributed by atoms with E-state index in [0.717, 1.165) is 39.0 Å². The average molecular weight is 545 g/mol. The van der Waals surface area contributed by atoms with E-state index < -0.39 is 23.6 Å². The zero-order chi connectivity index (χ0) is 26.0. The molecule has 2 aliphatic heterocycles. The molecule has 2 unspecified atom stereocenters. The second-order valence-corrected chi connectivity index (χ2v) is 10.3. The minimum atomic E-state index is -4.86. The summed E-state index contributed by atoms with van der Waals surface area (Å²) in [5.74, 6) is 1.30. The van der Waals surface area contributed by atoms with Gasteiger partial charge in [0.25, 0.3) is 0 Å². The van der Waals surface area contributed by atoms with Crippen LogP contribution >= 0.6 is 23.2 Å². The Labute approximate surface area is 218 Å². The Bertz CT molecular complexity index is 1090. The molecule has 2 saturated heterocycles. The normalized spacial score (nSPS) is 20.2. The lowest BCUT2D eigenvalue weighted by Crippen LogP contribution is -2.54. The highest BCUT2D eigenvalue weighted by Gasteiger charge is 2.40. The molecular weight excluding hydrogens is 516 g/mol. The summed E-state index contributed by atoms with van der Waals surface area (Å²) < 4.78 is 40.1. The maximum Gasteiger partial charge on any atom is 0.434 e. The molecule has 3 heterocycles. The Kier molecular flexibility index (Phi) is 8.28. The number of nitrogens with zero attached hydrogens (tertiary/aromatic N) is 4. The number of likely N-dealkylation sites (tertiary alicyclic amines) is 1. The van der Waals surface area contributed by atoms with Gasteiger partial charge in [0.1, 0.15) is 11.5 Å². The lowest BCUT2D eigenvalue weighted by Gasteiger charge is -2.47. The van der Waals surface area contributed by atoms with E-state index in [4.69, 9.17) is 28.6 Å². The molecule has 0 amide bonds. The number of aliphatic hydroxyl groups excluding tert-OH is 1. The van der Waals surface area contributed by atoms with Gasteiger partial charge >= 0.3 is 6.18 Å². The molecule has 36 heavy (non-hydrogen) atoms. The fourth-order valence-electron chi connectivity index (χ4n) is 4.90. The summed E-state index contributed by atoms with van der Waals surface area (Å²) in [4.78, 5) is 12.7. The summed E-state index contributed by atoms with van der Waals surface area (Å²) in [6.07, 6.45) is -1.35. The van der Waals surface area contributed by atoms with Crippen molar-refractivity contribution in [2.45, 2.75) is 32.0 Å². The first-order valence-electron chi connectivity index (χ1n) is 11.9. The summed E-state index contributed by atoms with van der Waals surface area (Å²) in [5, 5.41) is 20.7. The third-order valence-corrected chi connectivity index (χ3v) is 7.48. The number of nitrogens with one attached hydrogen (secondary N) is 2. The fourth-order valence-corrected chi connectivity index (χ4v) is 5.48. The van der Waals surface area contributed by atoms with Gasteiger partial charge < -0.3 is 20.2 Å². The zero-order valence-electron chi connectivity index (χ0n) is 19.8. The largest absolute Gasteiger partial charge is 0.434 e. The van der Waals surface area contributed by atoms with Crippen LogP contribution in [0.5, 0.6) is 0 Å². The quantitative estimate of drug-likeness (QED) is 0.404. The maximum atomic E-state index is 13.4. The monoisotopic (exact) mass is 544 g/mol. The number of anilines is 2. The molecule has 0 aliphatic carbocycles. The van der Waals surface area contributed by atoms with E-state index in [1.54, 1.807) is 25.1 Å². The van der Waals surface area contributed by atoms with Crippen LogP contribution in [0.2, 0.25) is 10.0 Å². The van der Waals surface area contributed by atoms with Crippen molar-refractivity contribution in [3.8, 4) is 0 Å². The van der Waals surface area contributed by atoms with Crippen molar-refractivity contribution in [2.24, 2.45) is 11.8 Å². The van der Waals surface area contributed by atoms with Gasteiger partial charge in [-0.2, -0.15) is 13.2 Å². The highest BCUT2D eigenvalue weighted by molar-refractivity contribution is 6.35. The van der Waals surface area contributed by atoms with E-state index in [-0.39, 0.29) is 12.4 Å². The van der Waals surface area contributed by atoms with Crippen molar-refractivity contribution < 1.29 is 18.3 Å². The summed E-state index contributed by atoms with van der Waals surface area (Å²) in [5.41, 5.74) is -1.50. The summed E-state index contributed by atoms with van der Waals surface area (Å²) in [7, 11) is 0. The first-order chi connectivity index (χ1) is 17.1. The van der Waals surface area contributed by atoms with Crippen LogP contribution in [0.3, 0.4) is 0 Å². The van der Waals surface area contributed by atoms with E-state index in [1.807, 2.05) is 4.90 Å². The number of alkyl halides is 3. The van der Waals surface area contributed by atoms with Gasteiger partial charge in [0.2, 0.25) is 0 Å². The molecule has 2 fully saturated rings. The van der Waals surface area contributed by atoms with Gasteiger partial charge in [-0.25, -0.2) is 9.97 Å². The molecule has 0 bridgehead atoms. The Morgan fingerprint density at radius 3 is 2.67 bits per heavy atom. The van der Waals surface area contributed by atoms with Crippen molar-refractivity contribution >= 4 is 40.5 Å². The molecule has 12 heteroatoms. The predicted molar refractivity (Wildman–Crippen MR) is 135 cm³/mol.